The molecule has 0 aromatic heterocycles. The molecular weight excluding hydrogens is 276 g/mol. The zero-order valence-electron chi connectivity index (χ0n) is 14.3. The van der Waals surface area contributed by atoms with Gasteiger partial charge in [-0.25, -0.2) is 0 Å². The fraction of sp³-hybridized carbons (Fsp3) is 0.579. The largest absolute Gasteiger partial charge is 0.497 e. The third kappa shape index (κ3) is 6.63. The smallest absolute Gasteiger partial charge is 0.118 e. The molecule has 1 aromatic carbocycles. The molecule has 0 spiro atoms. The maximum absolute atomic E-state index is 9.41. The molecule has 1 N–H and O–H groups in total. The van der Waals surface area contributed by atoms with Gasteiger partial charge in [-0.15, -0.1) is 0 Å². The van der Waals surface area contributed by atoms with Gasteiger partial charge in [-0.1, -0.05) is 51.5 Å². The molecular formula is C19H30O3. The topological polar surface area (TPSA) is 38.7 Å². The van der Waals surface area contributed by atoms with E-state index in [1.807, 2.05) is 31.2 Å². The van der Waals surface area contributed by atoms with Crippen molar-refractivity contribution in [1.29, 1.82) is 0 Å². The minimum atomic E-state index is -0.0635. The van der Waals surface area contributed by atoms with Crippen LogP contribution in [0.4, 0.5) is 0 Å². The number of ether oxygens (including phenoxy) is 2. The molecule has 0 saturated carbocycles. The summed E-state index contributed by atoms with van der Waals surface area (Å²) < 4.78 is 11.1. The highest BCUT2D eigenvalue weighted by Gasteiger charge is 2.14. The summed E-state index contributed by atoms with van der Waals surface area (Å²) in [4.78, 5) is 0. The van der Waals surface area contributed by atoms with Crippen LogP contribution in [-0.4, -0.2) is 24.9 Å². The molecule has 0 unspecified atom stereocenters. The number of benzene rings is 1. The zero-order chi connectivity index (χ0) is 16.4. The Hall–Kier alpha value is -1.32. The summed E-state index contributed by atoms with van der Waals surface area (Å²) in [5, 5.41) is 9.41. The Kier molecular flexibility index (Phi) is 8.86. The summed E-state index contributed by atoms with van der Waals surface area (Å²) in [6.07, 6.45) is 6.60. The van der Waals surface area contributed by atoms with Crippen molar-refractivity contribution in [3.8, 4) is 5.75 Å². The quantitative estimate of drug-likeness (QED) is 0.658. The first-order chi connectivity index (χ1) is 10.6. The van der Waals surface area contributed by atoms with Crippen molar-refractivity contribution in [2.24, 2.45) is 11.8 Å². The second-order valence-corrected chi connectivity index (χ2v) is 5.93. The fourth-order valence-corrected chi connectivity index (χ4v) is 2.28. The van der Waals surface area contributed by atoms with E-state index in [1.54, 1.807) is 7.11 Å². The lowest BCUT2D eigenvalue weighted by Gasteiger charge is -2.20. The molecule has 0 bridgehead atoms. The highest BCUT2D eigenvalue weighted by molar-refractivity contribution is 5.26. The van der Waals surface area contributed by atoms with Crippen molar-refractivity contribution in [2.45, 2.75) is 46.3 Å². The van der Waals surface area contributed by atoms with Crippen LogP contribution in [-0.2, 0) is 11.3 Å². The van der Waals surface area contributed by atoms with Gasteiger partial charge in [-0.3, -0.25) is 0 Å². The van der Waals surface area contributed by atoms with Crippen molar-refractivity contribution in [3.05, 3.63) is 42.0 Å². The Morgan fingerprint density at radius 1 is 1.14 bits per heavy atom. The normalized spacial score (nSPS) is 15.7. The van der Waals surface area contributed by atoms with Gasteiger partial charge < -0.3 is 14.6 Å². The number of hydrogen-bond donors (Lipinski definition) is 1. The van der Waals surface area contributed by atoms with Gasteiger partial charge in [0.05, 0.1) is 19.8 Å². The van der Waals surface area contributed by atoms with Crippen molar-refractivity contribution in [3.63, 3.8) is 0 Å². The standard InChI is InChI=1S/C19H30O3/c1-5-6-15(2)7-12-19(16(3)13-20)22-14-17-8-10-18(21-4)11-9-17/h7-12,15-16,19-20H,5-6,13-14H2,1-4H3/b12-7+/t15-,16-,19-/m0/s1. The molecule has 3 atom stereocenters. The number of aliphatic hydroxyl groups is 1. The number of aliphatic hydroxyl groups excluding tert-OH is 1. The van der Waals surface area contributed by atoms with Crippen LogP contribution in [0.1, 0.15) is 39.2 Å². The molecule has 1 aromatic rings. The Labute approximate surface area is 135 Å². The van der Waals surface area contributed by atoms with E-state index < -0.39 is 0 Å². The van der Waals surface area contributed by atoms with Crippen LogP contribution in [0.2, 0.25) is 0 Å². The zero-order valence-corrected chi connectivity index (χ0v) is 14.3. The molecule has 0 radical (unpaired) electrons. The first-order valence-corrected chi connectivity index (χ1v) is 8.14. The van der Waals surface area contributed by atoms with E-state index in [4.69, 9.17) is 9.47 Å². The Balaban J connectivity index is 2.60. The first-order valence-electron chi connectivity index (χ1n) is 8.14. The van der Waals surface area contributed by atoms with Gasteiger partial charge in [0.2, 0.25) is 0 Å². The third-order valence-electron chi connectivity index (χ3n) is 3.82. The monoisotopic (exact) mass is 306 g/mol. The van der Waals surface area contributed by atoms with Crippen LogP contribution >= 0.6 is 0 Å². The number of hydrogen-bond acceptors (Lipinski definition) is 3. The van der Waals surface area contributed by atoms with Crippen molar-refractivity contribution >= 4 is 0 Å². The van der Waals surface area contributed by atoms with Gasteiger partial charge in [-0.05, 0) is 30.0 Å². The van der Waals surface area contributed by atoms with E-state index >= 15 is 0 Å². The lowest BCUT2D eigenvalue weighted by Crippen LogP contribution is -2.22. The molecule has 0 heterocycles. The first kappa shape index (κ1) is 18.7. The molecule has 3 nitrogen and oxygen atoms in total. The summed E-state index contributed by atoms with van der Waals surface area (Å²) in [7, 11) is 1.66. The predicted octanol–water partition coefficient (Wildman–Crippen LogP) is 4.20. The van der Waals surface area contributed by atoms with Gasteiger partial charge >= 0.3 is 0 Å². The summed E-state index contributed by atoms with van der Waals surface area (Å²) in [6.45, 7) is 7.07. The predicted molar refractivity (Wildman–Crippen MR) is 91.0 cm³/mol. The SMILES string of the molecule is CCC[C@H](C)/C=C/[C@H](OCc1ccc(OC)cc1)[C@@H](C)CO. The second-order valence-electron chi connectivity index (χ2n) is 5.93. The molecule has 0 fully saturated rings. The minimum Gasteiger partial charge on any atom is -0.497 e. The lowest BCUT2D eigenvalue weighted by atomic mass is 10.0. The summed E-state index contributed by atoms with van der Waals surface area (Å²) in [5.74, 6) is 1.48. The molecule has 0 amide bonds. The molecule has 0 aliphatic heterocycles. The van der Waals surface area contributed by atoms with E-state index in [1.165, 1.54) is 12.8 Å². The summed E-state index contributed by atoms with van der Waals surface area (Å²) in [5.41, 5.74) is 1.10. The van der Waals surface area contributed by atoms with Crippen LogP contribution in [0.5, 0.6) is 5.75 Å². The molecule has 0 aliphatic carbocycles. The van der Waals surface area contributed by atoms with Gasteiger partial charge in [0.15, 0.2) is 0 Å². The van der Waals surface area contributed by atoms with E-state index in [2.05, 4.69) is 26.0 Å². The van der Waals surface area contributed by atoms with E-state index in [-0.39, 0.29) is 18.6 Å². The fourth-order valence-electron chi connectivity index (χ4n) is 2.28. The van der Waals surface area contributed by atoms with E-state index in [0.29, 0.717) is 12.5 Å². The van der Waals surface area contributed by atoms with Crippen LogP contribution in [0, 0.1) is 11.8 Å². The van der Waals surface area contributed by atoms with Gasteiger partial charge in [-0.2, -0.15) is 0 Å². The average Bonchev–Trinajstić information content (AvgIpc) is 2.55. The number of rotatable bonds is 10. The number of methoxy groups -OCH3 is 1. The maximum Gasteiger partial charge on any atom is 0.118 e. The summed E-state index contributed by atoms with van der Waals surface area (Å²) in [6, 6.07) is 7.87. The molecule has 0 saturated heterocycles. The molecule has 0 aliphatic rings. The van der Waals surface area contributed by atoms with Crippen molar-refractivity contribution in [2.75, 3.05) is 13.7 Å². The van der Waals surface area contributed by atoms with Crippen molar-refractivity contribution in [1.82, 2.24) is 0 Å². The van der Waals surface area contributed by atoms with E-state index in [9.17, 15) is 5.11 Å². The maximum atomic E-state index is 9.41. The van der Waals surface area contributed by atoms with E-state index in [0.717, 1.165) is 11.3 Å². The Morgan fingerprint density at radius 3 is 2.36 bits per heavy atom. The third-order valence-corrected chi connectivity index (χ3v) is 3.82. The van der Waals surface area contributed by atoms with Crippen molar-refractivity contribution < 1.29 is 14.6 Å². The van der Waals surface area contributed by atoms with Gasteiger partial charge in [0.1, 0.15) is 5.75 Å². The van der Waals surface area contributed by atoms with Crippen LogP contribution < -0.4 is 4.74 Å². The lowest BCUT2D eigenvalue weighted by molar-refractivity contribution is 0.0192. The Morgan fingerprint density at radius 2 is 1.82 bits per heavy atom. The minimum absolute atomic E-state index is 0.0635. The molecule has 1 rings (SSSR count). The second kappa shape index (κ2) is 10.4. The average molecular weight is 306 g/mol. The number of allylic oxidation sites excluding steroid dienone is 1. The molecule has 3 heteroatoms. The van der Waals surface area contributed by atoms with Gasteiger partial charge in [0.25, 0.3) is 0 Å². The van der Waals surface area contributed by atoms with Gasteiger partial charge in [0, 0.05) is 12.5 Å². The highest BCUT2D eigenvalue weighted by atomic mass is 16.5. The Bertz CT molecular complexity index is 425. The molecule has 22 heavy (non-hydrogen) atoms. The highest BCUT2D eigenvalue weighted by Crippen LogP contribution is 2.17. The van der Waals surface area contributed by atoms with Crippen LogP contribution in [0.15, 0.2) is 36.4 Å². The summed E-state index contributed by atoms with van der Waals surface area (Å²) >= 11 is 0. The van der Waals surface area contributed by atoms with Crippen LogP contribution in [0.25, 0.3) is 0 Å². The van der Waals surface area contributed by atoms with Crippen LogP contribution in [0.3, 0.4) is 0 Å². The molecule has 124 valence electrons.